The van der Waals surface area contributed by atoms with Crippen molar-refractivity contribution in [2.24, 2.45) is 0 Å². The topological polar surface area (TPSA) is 3.24 Å². The van der Waals surface area contributed by atoms with Crippen LogP contribution in [0.2, 0.25) is 0 Å². The van der Waals surface area contributed by atoms with E-state index in [9.17, 15) is 22.0 Å². The lowest BCUT2D eigenvalue weighted by atomic mass is 10.2. The summed E-state index contributed by atoms with van der Waals surface area (Å²) in [6.07, 6.45) is 0.230. The molecular weight excluding hydrogens is 241 g/mol. The maximum atomic E-state index is 13.3. The molecule has 0 atom stereocenters. The number of hydrogen-bond acceptors (Lipinski definition) is 1. The van der Waals surface area contributed by atoms with E-state index in [2.05, 4.69) is 0 Å². The summed E-state index contributed by atoms with van der Waals surface area (Å²) in [5.41, 5.74) is 0.0470. The highest BCUT2D eigenvalue weighted by molar-refractivity contribution is 5.57. The van der Waals surface area contributed by atoms with Gasteiger partial charge in [0, 0.05) is 5.69 Å². The number of alkyl halides is 2. The van der Waals surface area contributed by atoms with Gasteiger partial charge in [-0.3, -0.25) is 4.90 Å². The smallest absolute Gasteiger partial charge is 0.288 e. The Morgan fingerprint density at radius 3 is 2.12 bits per heavy atom. The van der Waals surface area contributed by atoms with Crippen molar-refractivity contribution in [1.29, 1.82) is 0 Å². The molecule has 17 heavy (non-hydrogen) atoms. The van der Waals surface area contributed by atoms with Gasteiger partial charge < -0.3 is 0 Å². The summed E-state index contributed by atoms with van der Waals surface area (Å²) in [5, 5.41) is 0. The van der Waals surface area contributed by atoms with E-state index >= 15 is 0 Å². The Kier molecular flexibility index (Phi) is 2.65. The van der Waals surface area contributed by atoms with Crippen molar-refractivity contribution in [2.45, 2.75) is 5.92 Å². The van der Waals surface area contributed by atoms with Gasteiger partial charge in [0.1, 0.15) is 0 Å². The van der Waals surface area contributed by atoms with Crippen molar-refractivity contribution >= 4 is 5.69 Å². The Labute approximate surface area is 93.5 Å². The molecule has 0 bridgehead atoms. The van der Waals surface area contributed by atoms with Crippen molar-refractivity contribution in [3.63, 3.8) is 0 Å². The monoisotopic (exact) mass is 247 g/mol. The molecular formula is C11H6F5N. The molecule has 1 aromatic rings. The van der Waals surface area contributed by atoms with E-state index in [1.807, 2.05) is 0 Å². The molecule has 0 radical (unpaired) electrons. The fourth-order valence-electron chi connectivity index (χ4n) is 1.37. The van der Waals surface area contributed by atoms with Crippen molar-refractivity contribution in [3.8, 4) is 0 Å². The molecule has 1 aliphatic rings. The lowest BCUT2D eigenvalue weighted by molar-refractivity contribution is 0.0266. The number of allylic oxidation sites excluding steroid dienone is 2. The van der Waals surface area contributed by atoms with Gasteiger partial charge in [-0.25, -0.2) is 4.39 Å². The van der Waals surface area contributed by atoms with Gasteiger partial charge in [0.05, 0.1) is 6.20 Å². The normalized spacial score (nSPS) is 19.4. The van der Waals surface area contributed by atoms with Crippen molar-refractivity contribution in [2.75, 3.05) is 4.90 Å². The summed E-state index contributed by atoms with van der Waals surface area (Å²) < 4.78 is 64.8. The van der Waals surface area contributed by atoms with Crippen molar-refractivity contribution in [3.05, 3.63) is 54.1 Å². The second kappa shape index (κ2) is 3.87. The summed E-state index contributed by atoms with van der Waals surface area (Å²) in [7, 11) is 0. The molecule has 0 saturated carbocycles. The number of rotatable bonds is 1. The Morgan fingerprint density at radius 2 is 1.53 bits per heavy atom. The average molecular weight is 247 g/mol. The van der Waals surface area contributed by atoms with Gasteiger partial charge in [0.15, 0.2) is 5.83 Å². The summed E-state index contributed by atoms with van der Waals surface area (Å²) in [5.74, 6) is -10.8. The van der Waals surface area contributed by atoms with Gasteiger partial charge in [-0.15, -0.1) is 0 Å². The minimum Gasteiger partial charge on any atom is -0.288 e. The van der Waals surface area contributed by atoms with Crippen molar-refractivity contribution in [1.82, 2.24) is 0 Å². The van der Waals surface area contributed by atoms with Gasteiger partial charge in [-0.1, -0.05) is 18.2 Å². The first-order valence-electron chi connectivity index (χ1n) is 4.60. The van der Waals surface area contributed by atoms with E-state index in [1.54, 1.807) is 6.07 Å². The van der Waals surface area contributed by atoms with E-state index in [0.717, 1.165) is 0 Å². The molecule has 90 valence electrons. The van der Waals surface area contributed by atoms with E-state index < -0.39 is 23.5 Å². The number of nitrogens with zero attached hydrogens (tertiary/aromatic N) is 1. The number of anilines is 1. The minimum absolute atomic E-state index is 0.0470. The molecule has 1 aromatic carbocycles. The van der Waals surface area contributed by atoms with Crippen LogP contribution in [0.3, 0.4) is 0 Å². The number of hydrogen-bond donors (Lipinski definition) is 0. The summed E-state index contributed by atoms with van der Waals surface area (Å²) in [6.45, 7) is 0. The first-order valence-corrected chi connectivity index (χ1v) is 4.60. The van der Waals surface area contributed by atoms with E-state index in [4.69, 9.17) is 0 Å². The van der Waals surface area contributed by atoms with E-state index in [0.29, 0.717) is 4.90 Å². The molecule has 2 rings (SSSR count). The zero-order valence-corrected chi connectivity index (χ0v) is 8.30. The Morgan fingerprint density at radius 1 is 0.941 bits per heavy atom. The van der Waals surface area contributed by atoms with Gasteiger partial charge >= 0.3 is 5.92 Å². The Hall–Kier alpha value is -1.85. The third kappa shape index (κ3) is 1.79. The first-order chi connectivity index (χ1) is 7.94. The minimum atomic E-state index is -4.53. The molecule has 0 aromatic heterocycles. The zero-order valence-electron chi connectivity index (χ0n) is 8.30. The van der Waals surface area contributed by atoms with Crippen LogP contribution < -0.4 is 4.90 Å². The maximum absolute atomic E-state index is 13.3. The molecule has 1 nitrogen and oxygen atoms in total. The van der Waals surface area contributed by atoms with E-state index in [-0.39, 0.29) is 11.9 Å². The highest BCUT2D eigenvalue weighted by atomic mass is 19.3. The van der Waals surface area contributed by atoms with Crippen LogP contribution in [0.5, 0.6) is 0 Å². The first kappa shape index (κ1) is 11.6. The number of benzene rings is 1. The average Bonchev–Trinajstić information content (AvgIpc) is 2.33. The fourth-order valence-corrected chi connectivity index (χ4v) is 1.37. The lowest BCUT2D eigenvalue weighted by Crippen LogP contribution is -2.30. The highest BCUT2D eigenvalue weighted by Crippen LogP contribution is 2.42. The molecule has 0 unspecified atom stereocenters. The third-order valence-electron chi connectivity index (χ3n) is 2.25. The summed E-state index contributed by atoms with van der Waals surface area (Å²) >= 11 is 0. The van der Waals surface area contributed by atoms with Crippen LogP contribution in [-0.4, -0.2) is 5.92 Å². The Balaban J connectivity index is 2.49. The van der Waals surface area contributed by atoms with Crippen LogP contribution in [0.15, 0.2) is 54.1 Å². The second-order valence-electron chi connectivity index (χ2n) is 3.36. The molecule has 0 spiro atoms. The van der Waals surface area contributed by atoms with Crippen LogP contribution in [0.1, 0.15) is 0 Å². The maximum Gasteiger partial charge on any atom is 0.355 e. The third-order valence-corrected chi connectivity index (χ3v) is 2.25. The molecule has 1 heterocycles. The van der Waals surface area contributed by atoms with Crippen molar-refractivity contribution < 1.29 is 22.0 Å². The van der Waals surface area contributed by atoms with Gasteiger partial charge in [-0.05, 0) is 12.1 Å². The quantitative estimate of drug-likeness (QED) is 0.534. The largest absolute Gasteiger partial charge is 0.355 e. The van der Waals surface area contributed by atoms with Crippen LogP contribution in [-0.2, 0) is 0 Å². The predicted molar refractivity (Wildman–Crippen MR) is 52.3 cm³/mol. The number of halogens is 5. The predicted octanol–water partition coefficient (Wildman–Crippen LogP) is 4.06. The van der Waals surface area contributed by atoms with Crippen LogP contribution in [0, 0.1) is 0 Å². The standard InChI is InChI=1S/C11H6F5N/c12-8-6-17(7-4-2-1-3-5-7)10(14)9(13)11(8,15)16/h1-6H. The molecule has 0 amide bonds. The molecule has 6 heteroatoms. The summed E-state index contributed by atoms with van der Waals surface area (Å²) in [6, 6.07) is 7.23. The SMILES string of the molecule is FC1=CN(c2ccccc2)C(F)=C(F)C1(F)F. The van der Waals surface area contributed by atoms with Crippen LogP contribution in [0.25, 0.3) is 0 Å². The number of para-hydroxylation sites is 1. The van der Waals surface area contributed by atoms with Gasteiger partial charge in [0.2, 0.25) is 11.8 Å². The van der Waals surface area contributed by atoms with Crippen LogP contribution in [0.4, 0.5) is 27.6 Å². The van der Waals surface area contributed by atoms with E-state index in [1.165, 1.54) is 24.3 Å². The van der Waals surface area contributed by atoms with Gasteiger partial charge in [0.25, 0.3) is 0 Å². The van der Waals surface area contributed by atoms with Crippen LogP contribution >= 0.6 is 0 Å². The molecule has 0 N–H and O–H groups in total. The molecule has 1 aliphatic heterocycles. The highest BCUT2D eigenvalue weighted by Gasteiger charge is 2.48. The fraction of sp³-hybridized carbons (Fsp3) is 0.0909. The molecule has 0 aliphatic carbocycles. The second-order valence-corrected chi connectivity index (χ2v) is 3.36. The zero-order chi connectivity index (χ0) is 12.6. The molecule has 0 saturated heterocycles. The molecule has 0 fully saturated rings. The lowest BCUT2D eigenvalue weighted by Gasteiger charge is -2.26. The Bertz CT molecular complexity index is 492. The van der Waals surface area contributed by atoms with Gasteiger partial charge in [-0.2, -0.15) is 17.6 Å². The summed E-state index contributed by atoms with van der Waals surface area (Å²) in [4.78, 5) is 0.391.